The molecule has 126 valence electrons. The van der Waals surface area contributed by atoms with Gasteiger partial charge < -0.3 is 5.32 Å². The van der Waals surface area contributed by atoms with E-state index in [1.165, 1.54) is 0 Å². The number of rotatable bonds is 5. The Labute approximate surface area is 145 Å². The summed E-state index contributed by atoms with van der Waals surface area (Å²) in [7, 11) is 0. The standard InChI is InChI=1S/C19H19N5O/c1-13(15-5-2-3-6-17(15)24-12-4-10-21-24)22-19(25)16-9-11-20-18(23-16)14-7-8-14/h2-6,9-14H,7-8H2,1H3,(H,22,25)/t13-/m1/s1. The minimum atomic E-state index is -0.188. The zero-order valence-corrected chi connectivity index (χ0v) is 14.0. The predicted molar refractivity (Wildman–Crippen MR) is 93.5 cm³/mol. The summed E-state index contributed by atoms with van der Waals surface area (Å²) >= 11 is 0. The van der Waals surface area contributed by atoms with E-state index in [0.29, 0.717) is 11.6 Å². The summed E-state index contributed by atoms with van der Waals surface area (Å²) in [6.07, 6.45) is 7.51. The normalized spacial score (nSPS) is 14.9. The molecular formula is C19H19N5O. The molecule has 0 unspecified atom stereocenters. The highest BCUT2D eigenvalue weighted by Gasteiger charge is 2.27. The van der Waals surface area contributed by atoms with Crippen LogP contribution in [0.5, 0.6) is 0 Å². The second-order valence-corrected chi connectivity index (χ2v) is 6.28. The fourth-order valence-corrected chi connectivity index (χ4v) is 2.86. The minimum absolute atomic E-state index is 0.174. The average molecular weight is 333 g/mol. The smallest absolute Gasteiger partial charge is 0.270 e. The van der Waals surface area contributed by atoms with Gasteiger partial charge in [0.25, 0.3) is 5.91 Å². The average Bonchev–Trinajstić information content (AvgIpc) is 3.36. The first-order valence-corrected chi connectivity index (χ1v) is 8.45. The molecule has 6 heteroatoms. The molecule has 2 aromatic heterocycles. The fraction of sp³-hybridized carbons (Fsp3) is 0.263. The molecule has 4 rings (SSSR count). The zero-order chi connectivity index (χ0) is 17.2. The Morgan fingerprint density at radius 1 is 1.20 bits per heavy atom. The van der Waals surface area contributed by atoms with Crippen LogP contribution in [0.25, 0.3) is 5.69 Å². The van der Waals surface area contributed by atoms with Crippen molar-refractivity contribution < 1.29 is 4.79 Å². The van der Waals surface area contributed by atoms with Gasteiger partial charge in [-0.3, -0.25) is 4.79 Å². The first-order chi connectivity index (χ1) is 12.2. The SMILES string of the molecule is C[C@@H](NC(=O)c1ccnc(C2CC2)n1)c1ccccc1-n1cccn1. The third-order valence-electron chi connectivity index (χ3n) is 4.35. The number of para-hydroxylation sites is 1. The minimum Gasteiger partial charge on any atom is -0.344 e. The van der Waals surface area contributed by atoms with E-state index in [0.717, 1.165) is 29.9 Å². The summed E-state index contributed by atoms with van der Waals surface area (Å²) in [4.78, 5) is 21.3. The molecule has 0 spiro atoms. The van der Waals surface area contributed by atoms with Crippen LogP contribution in [0.1, 0.15) is 53.6 Å². The Morgan fingerprint density at radius 2 is 2.04 bits per heavy atom. The van der Waals surface area contributed by atoms with Gasteiger partial charge in [-0.25, -0.2) is 14.6 Å². The van der Waals surface area contributed by atoms with Crippen LogP contribution >= 0.6 is 0 Å². The van der Waals surface area contributed by atoms with E-state index in [-0.39, 0.29) is 11.9 Å². The van der Waals surface area contributed by atoms with Crippen molar-refractivity contribution in [3.05, 3.63) is 72.1 Å². The molecule has 0 radical (unpaired) electrons. The van der Waals surface area contributed by atoms with Crippen molar-refractivity contribution in [3.63, 3.8) is 0 Å². The molecule has 1 atom stereocenters. The van der Waals surface area contributed by atoms with Gasteiger partial charge in [-0.15, -0.1) is 0 Å². The fourth-order valence-electron chi connectivity index (χ4n) is 2.86. The monoisotopic (exact) mass is 333 g/mol. The summed E-state index contributed by atoms with van der Waals surface area (Å²) in [6.45, 7) is 1.96. The maximum Gasteiger partial charge on any atom is 0.270 e. The van der Waals surface area contributed by atoms with E-state index in [9.17, 15) is 4.79 Å². The molecule has 1 amide bonds. The second-order valence-electron chi connectivity index (χ2n) is 6.28. The van der Waals surface area contributed by atoms with Gasteiger partial charge >= 0.3 is 0 Å². The first kappa shape index (κ1) is 15.5. The van der Waals surface area contributed by atoms with Gasteiger partial charge in [0.05, 0.1) is 11.7 Å². The number of benzene rings is 1. The van der Waals surface area contributed by atoms with Crippen molar-refractivity contribution in [2.24, 2.45) is 0 Å². The number of carbonyl (C=O) groups excluding carboxylic acids is 1. The molecule has 0 saturated heterocycles. The summed E-state index contributed by atoms with van der Waals surface area (Å²) in [5.41, 5.74) is 2.36. The van der Waals surface area contributed by atoms with Crippen molar-refractivity contribution in [1.82, 2.24) is 25.1 Å². The van der Waals surface area contributed by atoms with Crippen LogP contribution in [0.2, 0.25) is 0 Å². The van der Waals surface area contributed by atoms with Crippen LogP contribution in [0, 0.1) is 0 Å². The highest BCUT2D eigenvalue weighted by molar-refractivity contribution is 5.92. The van der Waals surface area contributed by atoms with E-state index in [2.05, 4.69) is 20.4 Å². The van der Waals surface area contributed by atoms with Gasteiger partial charge in [-0.2, -0.15) is 5.10 Å². The molecule has 1 aliphatic rings. The summed E-state index contributed by atoms with van der Waals surface area (Å²) in [6, 6.07) is 11.3. The van der Waals surface area contributed by atoms with E-state index in [1.54, 1.807) is 23.1 Å². The quantitative estimate of drug-likeness (QED) is 0.779. The summed E-state index contributed by atoms with van der Waals surface area (Å²) in [5, 5.41) is 7.32. The lowest BCUT2D eigenvalue weighted by Crippen LogP contribution is -2.28. The number of aromatic nitrogens is 4. The van der Waals surface area contributed by atoms with Crippen LogP contribution in [-0.2, 0) is 0 Å². The Morgan fingerprint density at radius 3 is 2.80 bits per heavy atom. The number of nitrogens with zero attached hydrogens (tertiary/aromatic N) is 4. The maximum atomic E-state index is 12.6. The van der Waals surface area contributed by atoms with E-state index < -0.39 is 0 Å². The molecule has 1 aliphatic carbocycles. The molecule has 1 aromatic carbocycles. The van der Waals surface area contributed by atoms with E-state index in [4.69, 9.17) is 0 Å². The number of amides is 1. The highest BCUT2D eigenvalue weighted by atomic mass is 16.1. The number of hydrogen-bond donors (Lipinski definition) is 1. The molecule has 2 heterocycles. The topological polar surface area (TPSA) is 72.7 Å². The molecule has 3 aromatic rings. The van der Waals surface area contributed by atoms with E-state index >= 15 is 0 Å². The summed E-state index contributed by atoms with van der Waals surface area (Å²) < 4.78 is 1.80. The lowest BCUT2D eigenvalue weighted by Gasteiger charge is -2.18. The zero-order valence-electron chi connectivity index (χ0n) is 14.0. The number of hydrogen-bond acceptors (Lipinski definition) is 4. The van der Waals surface area contributed by atoms with Gasteiger partial charge in [0.15, 0.2) is 0 Å². The molecule has 1 saturated carbocycles. The molecule has 6 nitrogen and oxygen atoms in total. The van der Waals surface area contributed by atoms with Crippen molar-refractivity contribution in [2.75, 3.05) is 0 Å². The van der Waals surface area contributed by atoms with Crippen LogP contribution in [0.4, 0.5) is 0 Å². The first-order valence-electron chi connectivity index (χ1n) is 8.45. The van der Waals surface area contributed by atoms with Crippen molar-refractivity contribution >= 4 is 5.91 Å². The summed E-state index contributed by atoms with van der Waals surface area (Å²) in [5.74, 6) is 1.01. The van der Waals surface area contributed by atoms with E-state index in [1.807, 2.05) is 43.5 Å². The van der Waals surface area contributed by atoms with Gasteiger partial charge in [-0.1, -0.05) is 18.2 Å². The van der Waals surface area contributed by atoms with Crippen LogP contribution in [0.3, 0.4) is 0 Å². The molecule has 1 fully saturated rings. The van der Waals surface area contributed by atoms with Gasteiger partial charge in [0, 0.05) is 24.5 Å². The lowest BCUT2D eigenvalue weighted by molar-refractivity contribution is 0.0934. The molecular weight excluding hydrogens is 314 g/mol. The highest BCUT2D eigenvalue weighted by Crippen LogP contribution is 2.37. The molecule has 0 aliphatic heterocycles. The Balaban J connectivity index is 1.55. The van der Waals surface area contributed by atoms with Crippen molar-refractivity contribution in [2.45, 2.75) is 31.7 Å². The van der Waals surface area contributed by atoms with Crippen LogP contribution in [0.15, 0.2) is 55.0 Å². The largest absolute Gasteiger partial charge is 0.344 e. The Kier molecular flexibility index (Phi) is 4.01. The number of carbonyl (C=O) groups is 1. The third-order valence-corrected chi connectivity index (χ3v) is 4.35. The van der Waals surface area contributed by atoms with Gasteiger partial charge in [-0.05, 0) is 43.5 Å². The maximum absolute atomic E-state index is 12.6. The van der Waals surface area contributed by atoms with Crippen molar-refractivity contribution in [1.29, 1.82) is 0 Å². The predicted octanol–water partition coefficient (Wildman–Crippen LogP) is 3.03. The van der Waals surface area contributed by atoms with Crippen molar-refractivity contribution in [3.8, 4) is 5.69 Å². The van der Waals surface area contributed by atoms with Crippen LogP contribution < -0.4 is 5.32 Å². The Hall–Kier alpha value is -3.02. The molecule has 0 bridgehead atoms. The Bertz CT molecular complexity index is 886. The molecule has 25 heavy (non-hydrogen) atoms. The third kappa shape index (κ3) is 3.28. The molecule has 1 N–H and O–H groups in total. The van der Waals surface area contributed by atoms with Gasteiger partial charge in [0.1, 0.15) is 11.5 Å². The van der Waals surface area contributed by atoms with Gasteiger partial charge in [0.2, 0.25) is 0 Å². The lowest BCUT2D eigenvalue weighted by atomic mass is 10.1. The van der Waals surface area contributed by atoms with Crippen LogP contribution in [-0.4, -0.2) is 25.7 Å². The number of nitrogens with one attached hydrogen (secondary N) is 1. The second kappa shape index (κ2) is 6.47.